The van der Waals surface area contributed by atoms with Crippen molar-refractivity contribution in [2.45, 2.75) is 31.1 Å². The predicted octanol–water partition coefficient (Wildman–Crippen LogP) is -0.322. The predicted molar refractivity (Wildman–Crippen MR) is 65.1 cm³/mol. The minimum Gasteiger partial charge on any atom is -0.480 e. The number of carboxylic acids is 1. The van der Waals surface area contributed by atoms with Gasteiger partial charge in [-0.05, 0) is 19.8 Å². The van der Waals surface area contributed by atoms with Gasteiger partial charge in [-0.1, -0.05) is 0 Å². The molecule has 18 heavy (non-hydrogen) atoms. The number of carboxylic acid groups (broad SMARTS) is 1. The van der Waals surface area contributed by atoms with Crippen molar-refractivity contribution in [2.75, 3.05) is 19.3 Å². The fourth-order valence-electron chi connectivity index (χ4n) is 1.75. The molecule has 1 rings (SSSR count). The van der Waals surface area contributed by atoms with Crippen LogP contribution in [0, 0.1) is 0 Å². The van der Waals surface area contributed by atoms with E-state index in [1.165, 1.54) is 14.0 Å². The Kier molecular flexibility index (Phi) is 4.55. The van der Waals surface area contributed by atoms with Crippen LogP contribution >= 0.6 is 0 Å². The maximum absolute atomic E-state index is 11.6. The van der Waals surface area contributed by atoms with Crippen LogP contribution in [0.15, 0.2) is 0 Å². The van der Waals surface area contributed by atoms with E-state index >= 15 is 0 Å². The van der Waals surface area contributed by atoms with Gasteiger partial charge in [0.15, 0.2) is 9.84 Å². The maximum Gasteiger partial charge on any atom is 0.326 e. The Bertz CT molecular complexity index is 434. The number of carbonyl (C=O) groups excluding carboxylic acids is 1. The van der Waals surface area contributed by atoms with Gasteiger partial charge in [-0.15, -0.1) is 0 Å². The number of rotatable bonds is 4. The van der Waals surface area contributed by atoms with Crippen LogP contribution in [-0.4, -0.2) is 61.1 Å². The molecular weight excluding hydrogens is 260 g/mol. The fraction of sp³-hybridized carbons (Fsp3) is 0.800. The van der Waals surface area contributed by atoms with E-state index in [1.54, 1.807) is 0 Å². The molecule has 2 N–H and O–H groups in total. The third-order valence-electron chi connectivity index (χ3n) is 3.20. The standard InChI is InChI=1S/C10H18N2O5S/c1-7(9(13)14)12(2)10(15)11-6-8-4-3-5-18(8,16)17/h7-8H,3-6H2,1-2H3,(H,11,15)(H,13,14). The molecule has 2 amide bonds. The molecule has 1 fully saturated rings. The Morgan fingerprint density at radius 2 is 2.11 bits per heavy atom. The molecule has 8 heteroatoms. The molecule has 1 aliphatic heterocycles. The lowest BCUT2D eigenvalue weighted by molar-refractivity contribution is -0.141. The molecular formula is C10H18N2O5S. The maximum atomic E-state index is 11.6. The van der Waals surface area contributed by atoms with Crippen molar-refractivity contribution in [3.8, 4) is 0 Å². The first kappa shape index (κ1) is 14.7. The lowest BCUT2D eigenvalue weighted by atomic mass is 10.2. The lowest BCUT2D eigenvalue weighted by Crippen LogP contribution is -2.47. The smallest absolute Gasteiger partial charge is 0.326 e. The van der Waals surface area contributed by atoms with Gasteiger partial charge in [0.1, 0.15) is 6.04 Å². The summed E-state index contributed by atoms with van der Waals surface area (Å²) in [5.41, 5.74) is 0. The average molecular weight is 278 g/mol. The van der Waals surface area contributed by atoms with Crippen LogP contribution in [0.3, 0.4) is 0 Å². The van der Waals surface area contributed by atoms with Crippen molar-refractivity contribution < 1.29 is 23.1 Å². The zero-order valence-corrected chi connectivity index (χ0v) is 11.2. The molecule has 0 radical (unpaired) electrons. The quantitative estimate of drug-likeness (QED) is 0.733. The van der Waals surface area contributed by atoms with Crippen molar-refractivity contribution in [2.24, 2.45) is 0 Å². The number of hydrogen-bond donors (Lipinski definition) is 2. The summed E-state index contributed by atoms with van der Waals surface area (Å²) in [5.74, 6) is -0.948. The second-order valence-corrected chi connectivity index (χ2v) is 6.84. The van der Waals surface area contributed by atoms with Gasteiger partial charge in [0.05, 0.1) is 11.0 Å². The number of amides is 2. The van der Waals surface area contributed by atoms with Gasteiger partial charge in [0.2, 0.25) is 0 Å². The second-order valence-electron chi connectivity index (χ2n) is 4.44. The Morgan fingerprint density at radius 1 is 1.50 bits per heavy atom. The highest BCUT2D eigenvalue weighted by atomic mass is 32.2. The number of urea groups is 1. The summed E-state index contributed by atoms with van der Waals surface area (Å²) in [6, 6.07) is -1.53. The van der Waals surface area contributed by atoms with Crippen LogP contribution in [0.4, 0.5) is 4.79 Å². The van der Waals surface area contributed by atoms with Crippen molar-refractivity contribution in [1.82, 2.24) is 10.2 Å². The Morgan fingerprint density at radius 3 is 2.56 bits per heavy atom. The van der Waals surface area contributed by atoms with E-state index in [0.717, 1.165) is 4.90 Å². The van der Waals surface area contributed by atoms with Gasteiger partial charge in [0.25, 0.3) is 0 Å². The molecule has 2 unspecified atom stereocenters. The van der Waals surface area contributed by atoms with Crippen LogP contribution in [0.2, 0.25) is 0 Å². The molecule has 7 nitrogen and oxygen atoms in total. The highest BCUT2D eigenvalue weighted by Gasteiger charge is 2.32. The highest BCUT2D eigenvalue weighted by Crippen LogP contribution is 2.19. The first-order valence-corrected chi connectivity index (χ1v) is 7.42. The van der Waals surface area contributed by atoms with Crippen LogP contribution in [0.25, 0.3) is 0 Å². The summed E-state index contributed by atoms with van der Waals surface area (Å²) in [5, 5.41) is 10.7. The number of likely N-dealkylation sites (N-methyl/N-ethyl adjacent to an activating group) is 1. The van der Waals surface area contributed by atoms with Crippen LogP contribution in [0.1, 0.15) is 19.8 Å². The molecule has 104 valence electrons. The van der Waals surface area contributed by atoms with Gasteiger partial charge in [0, 0.05) is 13.6 Å². The minimum atomic E-state index is -3.09. The molecule has 1 heterocycles. The third kappa shape index (κ3) is 3.34. The lowest BCUT2D eigenvalue weighted by Gasteiger charge is -2.22. The van der Waals surface area contributed by atoms with Crippen LogP contribution in [-0.2, 0) is 14.6 Å². The topological polar surface area (TPSA) is 104 Å². The summed E-state index contributed by atoms with van der Waals surface area (Å²) >= 11 is 0. The molecule has 0 aromatic carbocycles. The van der Waals surface area contributed by atoms with Crippen LogP contribution < -0.4 is 5.32 Å². The SMILES string of the molecule is CC(C(=O)O)N(C)C(=O)NCC1CCCS1(=O)=O. The number of sulfone groups is 1. The zero-order valence-electron chi connectivity index (χ0n) is 10.4. The number of nitrogens with one attached hydrogen (secondary N) is 1. The van der Waals surface area contributed by atoms with Crippen molar-refractivity contribution in [3.63, 3.8) is 0 Å². The second kappa shape index (κ2) is 5.55. The van der Waals surface area contributed by atoms with Crippen LogP contribution in [0.5, 0.6) is 0 Å². The Hall–Kier alpha value is -1.31. The number of nitrogens with zero attached hydrogens (tertiary/aromatic N) is 1. The minimum absolute atomic E-state index is 0.0395. The highest BCUT2D eigenvalue weighted by molar-refractivity contribution is 7.92. The first-order chi connectivity index (χ1) is 8.25. The van der Waals surface area contributed by atoms with Gasteiger partial charge >= 0.3 is 12.0 Å². The molecule has 2 atom stereocenters. The van der Waals surface area contributed by atoms with Crippen molar-refractivity contribution in [1.29, 1.82) is 0 Å². The van der Waals surface area contributed by atoms with Gasteiger partial charge in [-0.25, -0.2) is 18.0 Å². The van der Waals surface area contributed by atoms with E-state index in [-0.39, 0.29) is 12.3 Å². The molecule has 0 aromatic heterocycles. The summed E-state index contributed by atoms with van der Waals surface area (Å²) in [6.45, 7) is 1.42. The summed E-state index contributed by atoms with van der Waals surface area (Å²) < 4.78 is 23.1. The molecule has 0 aliphatic carbocycles. The molecule has 0 bridgehead atoms. The molecule has 1 saturated heterocycles. The Labute approximate surface area is 106 Å². The zero-order chi connectivity index (χ0) is 13.9. The molecule has 1 aliphatic rings. The third-order valence-corrected chi connectivity index (χ3v) is 5.48. The largest absolute Gasteiger partial charge is 0.480 e. The van der Waals surface area contributed by atoms with E-state index in [9.17, 15) is 18.0 Å². The summed E-state index contributed by atoms with van der Waals surface area (Å²) in [7, 11) is -1.74. The van der Waals surface area contributed by atoms with E-state index in [1.807, 2.05) is 0 Å². The van der Waals surface area contributed by atoms with E-state index < -0.39 is 33.1 Å². The summed E-state index contributed by atoms with van der Waals surface area (Å²) in [6.07, 6.45) is 1.16. The van der Waals surface area contributed by atoms with Crippen molar-refractivity contribution >= 4 is 21.8 Å². The van der Waals surface area contributed by atoms with E-state index in [0.29, 0.717) is 12.8 Å². The van der Waals surface area contributed by atoms with Gasteiger partial charge < -0.3 is 15.3 Å². The normalized spacial score (nSPS) is 23.3. The molecule has 0 aromatic rings. The first-order valence-electron chi connectivity index (χ1n) is 5.70. The number of carbonyl (C=O) groups is 2. The summed E-state index contributed by atoms with van der Waals surface area (Å²) in [4.78, 5) is 23.3. The Balaban J connectivity index is 2.49. The van der Waals surface area contributed by atoms with E-state index in [2.05, 4.69) is 5.32 Å². The number of hydrogen-bond acceptors (Lipinski definition) is 4. The molecule has 0 spiro atoms. The van der Waals surface area contributed by atoms with Gasteiger partial charge in [-0.3, -0.25) is 0 Å². The van der Waals surface area contributed by atoms with E-state index in [4.69, 9.17) is 5.11 Å². The monoisotopic (exact) mass is 278 g/mol. The van der Waals surface area contributed by atoms with Crippen molar-refractivity contribution in [3.05, 3.63) is 0 Å². The molecule has 0 saturated carbocycles. The fourth-order valence-corrected chi connectivity index (χ4v) is 3.52. The number of aliphatic carboxylic acids is 1. The van der Waals surface area contributed by atoms with Gasteiger partial charge in [-0.2, -0.15) is 0 Å². The average Bonchev–Trinajstić information content (AvgIpc) is 2.63.